The van der Waals surface area contributed by atoms with Gasteiger partial charge in [-0.3, -0.25) is 19.3 Å². The van der Waals surface area contributed by atoms with E-state index in [2.05, 4.69) is 10.3 Å². The number of hydrogen-bond donors (Lipinski definition) is 1. The SMILES string of the molecule is CCCCN1C(=O)c2ccc(C(=O)Nc3ccc(OC)nc3)cc2C1=O. The fourth-order valence-electron chi connectivity index (χ4n) is 2.73. The van der Waals surface area contributed by atoms with E-state index >= 15 is 0 Å². The van der Waals surface area contributed by atoms with Crippen molar-refractivity contribution in [2.45, 2.75) is 19.8 Å². The van der Waals surface area contributed by atoms with Gasteiger partial charge in [-0.1, -0.05) is 13.3 Å². The summed E-state index contributed by atoms with van der Waals surface area (Å²) in [5.74, 6) is -0.590. The van der Waals surface area contributed by atoms with E-state index < -0.39 is 0 Å². The molecule has 7 nitrogen and oxygen atoms in total. The number of nitrogens with one attached hydrogen (secondary N) is 1. The Hall–Kier alpha value is -3.22. The van der Waals surface area contributed by atoms with Crippen molar-refractivity contribution in [1.82, 2.24) is 9.88 Å². The van der Waals surface area contributed by atoms with Gasteiger partial charge >= 0.3 is 0 Å². The summed E-state index contributed by atoms with van der Waals surface area (Å²) >= 11 is 0. The quantitative estimate of drug-likeness (QED) is 0.807. The topological polar surface area (TPSA) is 88.6 Å². The molecule has 0 radical (unpaired) electrons. The van der Waals surface area contributed by atoms with Crippen molar-refractivity contribution in [2.75, 3.05) is 19.0 Å². The Kier molecular flexibility index (Phi) is 4.97. The van der Waals surface area contributed by atoms with Gasteiger partial charge in [0.05, 0.1) is 30.1 Å². The Balaban J connectivity index is 1.79. The average molecular weight is 353 g/mol. The number of benzene rings is 1. The van der Waals surface area contributed by atoms with Crippen LogP contribution in [0.2, 0.25) is 0 Å². The molecule has 1 N–H and O–H groups in total. The molecular formula is C19H19N3O4. The second-order valence-corrected chi connectivity index (χ2v) is 5.92. The maximum atomic E-state index is 12.5. The highest BCUT2D eigenvalue weighted by Crippen LogP contribution is 2.25. The summed E-state index contributed by atoms with van der Waals surface area (Å²) in [6, 6.07) is 7.83. The third kappa shape index (κ3) is 3.28. The first kappa shape index (κ1) is 17.6. The lowest BCUT2D eigenvalue weighted by molar-refractivity contribution is 0.0652. The number of amides is 3. The Morgan fingerprint density at radius 1 is 1.15 bits per heavy atom. The summed E-state index contributed by atoms with van der Waals surface area (Å²) < 4.78 is 4.97. The second kappa shape index (κ2) is 7.35. The first-order valence-electron chi connectivity index (χ1n) is 8.36. The summed E-state index contributed by atoms with van der Waals surface area (Å²) in [5.41, 5.74) is 1.42. The molecule has 1 aliphatic rings. The number of rotatable bonds is 6. The zero-order valence-corrected chi connectivity index (χ0v) is 14.6. The molecule has 2 heterocycles. The van der Waals surface area contributed by atoms with Crippen LogP contribution in [-0.2, 0) is 0 Å². The van der Waals surface area contributed by atoms with E-state index in [1.807, 2.05) is 6.92 Å². The monoisotopic (exact) mass is 353 g/mol. The maximum Gasteiger partial charge on any atom is 0.261 e. The lowest BCUT2D eigenvalue weighted by Gasteiger charge is -2.12. The average Bonchev–Trinajstić information content (AvgIpc) is 2.90. The Bertz CT molecular complexity index is 862. The first-order valence-corrected chi connectivity index (χ1v) is 8.36. The van der Waals surface area contributed by atoms with Gasteiger partial charge in [0.25, 0.3) is 17.7 Å². The Morgan fingerprint density at radius 3 is 2.58 bits per heavy atom. The fraction of sp³-hybridized carbons (Fsp3) is 0.263. The number of aromatic nitrogens is 1. The van der Waals surface area contributed by atoms with E-state index in [1.54, 1.807) is 18.2 Å². The van der Waals surface area contributed by atoms with Gasteiger partial charge in [-0.15, -0.1) is 0 Å². The van der Waals surface area contributed by atoms with Gasteiger partial charge in [0, 0.05) is 18.2 Å². The van der Waals surface area contributed by atoms with E-state index in [-0.39, 0.29) is 23.3 Å². The Morgan fingerprint density at radius 2 is 1.92 bits per heavy atom. The van der Waals surface area contributed by atoms with Crippen molar-refractivity contribution in [2.24, 2.45) is 0 Å². The number of anilines is 1. The lowest BCUT2D eigenvalue weighted by Crippen LogP contribution is -2.30. The van der Waals surface area contributed by atoms with Crippen molar-refractivity contribution in [1.29, 1.82) is 0 Å². The molecule has 1 aromatic carbocycles. The van der Waals surface area contributed by atoms with Crippen LogP contribution in [0.1, 0.15) is 50.8 Å². The summed E-state index contributed by atoms with van der Waals surface area (Å²) in [6.07, 6.45) is 3.12. The Labute approximate surface area is 151 Å². The minimum atomic E-state index is -0.382. The van der Waals surface area contributed by atoms with Crippen LogP contribution in [0.15, 0.2) is 36.5 Å². The molecule has 2 aromatic rings. The van der Waals surface area contributed by atoms with Crippen LogP contribution < -0.4 is 10.1 Å². The van der Waals surface area contributed by atoms with Gasteiger partial charge in [-0.25, -0.2) is 4.98 Å². The highest BCUT2D eigenvalue weighted by molar-refractivity contribution is 6.22. The van der Waals surface area contributed by atoms with E-state index in [1.165, 1.54) is 30.3 Å². The predicted molar refractivity (Wildman–Crippen MR) is 95.5 cm³/mol. The second-order valence-electron chi connectivity index (χ2n) is 5.92. The normalized spacial score (nSPS) is 12.9. The van der Waals surface area contributed by atoms with Crippen LogP contribution >= 0.6 is 0 Å². The number of unbranched alkanes of at least 4 members (excludes halogenated alkanes) is 1. The van der Waals surface area contributed by atoms with Gasteiger partial charge in [-0.05, 0) is 30.7 Å². The van der Waals surface area contributed by atoms with Gasteiger partial charge < -0.3 is 10.1 Å². The molecule has 0 aliphatic carbocycles. The molecule has 0 fully saturated rings. The highest BCUT2D eigenvalue weighted by Gasteiger charge is 2.35. The molecule has 3 rings (SSSR count). The fourth-order valence-corrected chi connectivity index (χ4v) is 2.73. The number of hydrogen-bond acceptors (Lipinski definition) is 5. The molecular weight excluding hydrogens is 334 g/mol. The largest absolute Gasteiger partial charge is 0.481 e. The smallest absolute Gasteiger partial charge is 0.261 e. The van der Waals surface area contributed by atoms with Crippen molar-refractivity contribution in [3.05, 3.63) is 53.2 Å². The molecule has 7 heteroatoms. The number of nitrogens with zero attached hydrogens (tertiary/aromatic N) is 2. The lowest BCUT2D eigenvalue weighted by atomic mass is 10.1. The van der Waals surface area contributed by atoms with Crippen LogP contribution in [-0.4, -0.2) is 41.3 Å². The summed E-state index contributed by atoms with van der Waals surface area (Å²) in [4.78, 5) is 42.5. The molecule has 26 heavy (non-hydrogen) atoms. The van der Waals surface area contributed by atoms with E-state index in [0.29, 0.717) is 29.2 Å². The standard InChI is InChI=1S/C19H19N3O4/c1-3-4-9-22-18(24)14-7-5-12(10-15(14)19(22)25)17(23)21-13-6-8-16(26-2)20-11-13/h5-8,10-11H,3-4,9H2,1-2H3,(H,21,23). The summed E-state index contributed by atoms with van der Waals surface area (Å²) in [6.45, 7) is 2.39. The number of carbonyl (C=O) groups is 3. The zero-order chi connectivity index (χ0) is 18.7. The van der Waals surface area contributed by atoms with Gasteiger partial charge in [0.15, 0.2) is 0 Å². The number of pyridine rings is 1. The van der Waals surface area contributed by atoms with E-state index in [4.69, 9.17) is 4.74 Å². The molecule has 0 saturated heterocycles. The third-order valence-corrected chi connectivity index (χ3v) is 4.17. The first-order chi connectivity index (χ1) is 12.5. The van der Waals surface area contributed by atoms with Crippen LogP contribution in [0.3, 0.4) is 0 Å². The van der Waals surface area contributed by atoms with Crippen LogP contribution in [0, 0.1) is 0 Å². The number of fused-ring (bicyclic) bond motifs is 1. The molecule has 0 saturated carbocycles. The molecule has 0 spiro atoms. The zero-order valence-electron chi connectivity index (χ0n) is 14.6. The molecule has 0 bridgehead atoms. The van der Waals surface area contributed by atoms with Crippen molar-refractivity contribution in [3.63, 3.8) is 0 Å². The van der Waals surface area contributed by atoms with Crippen LogP contribution in [0.5, 0.6) is 5.88 Å². The number of methoxy groups -OCH3 is 1. The van der Waals surface area contributed by atoms with Crippen molar-refractivity contribution in [3.8, 4) is 5.88 Å². The van der Waals surface area contributed by atoms with Gasteiger partial charge in [-0.2, -0.15) is 0 Å². The van der Waals surface area contributed by atoms with E-state index in [0.717, 1.165) is 12.8 Å². The molecule has 3 amide bonds. The molecule has 1 aromatic heterocycles. The van der Waals surface area contributed by atoms with Crippen molar-refractivity contribution < 1.29 is 19.1 Å². The number of carbonyl (C=O) groups excluding carboxylic acids is 3. The molecule has 134 valence electrons. The third-order valence-electron chi connectivity index (χ3n) is 4.17. The minimum absolute atomic E-state index is 0.270. The van der Waals surface area contributed by atoms with Gasteiger partial charge in [0.1, 0.15) is 0 Å². The summed E-state index contributed by atoms with van der Waals surface area (Å²) in [7, 11) is 1.51. The maximum absolute atomic E-state index is 12.5. The number of ether oxygens (including phenoxy) is 1. The highest BCUT2D eigenvalue weighted by atomic mass is 16.5. The molecule has 1 aliphatic heterocycles. The predicted octanol–water partition coefficient (Wildman–Crippen LogP) is 2.74. The number of imide groups is 1. The molecule has 0 unspecified atom stereocenters. The van der Waals surface area contributed by atoms with Crippen LogP contribution in [0.25, 0.3) is 0 Å². The van der Waals surface area contributed by atoms with Gasteiger partial charge in [0.2, 0.25) is 5.88 Å². The van der Waals surface area contributed by atoms with Crippen molar-refractivity contribution >= 4 is 23.4 Å². The summed E-state index contributed by atoms with van der Waals surface area (Å²) in [5, 5.41) is 2.71. The van der Waals surface area contributed by atoms with Crippen LogP contribution in [0.4, 0.5) is 5.69 Å². The van der Waals surface area contributed by atoms with E-state index in [9.17, 15) is 14.4 Å². The molecule has 0 atom stereocenters. The minimum Gasteiger partial charge on any atom is -0.481 e.